The highest BCUT2D eigenvalue weighted by molar-refractivity contribution is 5.94. The summed E-state index contributed by atoms with van der Waals surface area (Å²) in [7, 11) is 0. The lowest BCUT2D eigenvalue weighted by Crippen LogP contribution is -2.59. The van der Waals surface area contributed by atoms with Crippen LogP contribution in [-0.2, 0) is 19.4 Å². The van der Waals surface area contributed by atoms with Crippen LogP contribution in [0.5, 0.6) is 5.75 Å². The molecule has 2 bridgehead atoms. The first-order valence-electron chi connectivity index (χ1n) is 19.0. The quantitative estimate of drug-likeness (QED) is 0.0909. The molecule has 3 fully saturated rings. The third-order valence-electron chi connectivity index (χ3n) is 11.3. The van der Waals surface area contributed by atoms with E-state index in [4.69, 9.17) is 4.42 Å². The van der Waals surface area contributed by atoms with Crippen molar-refractivity contribution in [3.63, 3.8) is 0 Å². The molecule has 284 valence electrons. The van der Waals surface area contributed by atoms with Crippen LogP contribution in [0, 0.1) is 5.92 Å². The third-order valence-corrected chi connectivity index (χ3v) is 11.3. The van der Waals surface area contributed by atoms with Crippen LogP contribution in [0.3, 0.4) is 0 Å². The van der Waals surface area contributed by atoms with E-state index in [1.165, 1.54) is 12.1 Å². The van der Waals surface area contributed by atoms with Crippen LogP contribution in [0.2, 0.25) is 0 Å². The van der Waals surface area contributed by atoms with Crippen molar-refractivity contribution in [2.45, 2.75) is 50.8 Å². The Morgan fingerprint density at radius 2 is 1.73 bits per heavy atom. The van der Waals surface area contributed by atoms with E-state index >= 15 is 0 Å². The van der Waals surface area contributed by atoms with Gasteiger partial charge >= 0.3 is 11.8 Å². The standard InChI is InChI=1S/C43H45N5O7/c49-37-14-11-32(33-12-15-40(51)45-41(33)37)38(50)25-44-19-16-28-9-13-34-39(24-28)55-43(54)47(34)20-4-5-27-8-10-31(29-6-2-1-3-7-29)35(23-27)48(42(52)53)36-26-46-21-17-30(36)18-22-46/h1-3,6-15,23-24,30,36,38,44,49-50H,4-5,16-22,25-26H2,(H,45,51)(H,52,53)/t36?,38-/m0/s1. The maximum absolute atomic E-state index is 13.0. The van der Waals surface area contributed by atoms with Gasteiger partial charge in [0.15, 0.2) is 5.58 Å². The van der Waals surface area contributed by atoms with Gasteiger partial charge in [0.25, 0.3) is 0 Å². The van der Waals surface area contributed by atoms with Crippen LogP contribution >= 0.6 is 0 Å². The maximum atomic E-state index is 13.0. The SMILES string of the molecule is O=C(O)N(c1cc(CCCn2c(=O)oc3cc(CCNC[C@H](O)c4ccc(O)c5[nH]c(=O)ccc45)ccc32)ccc1-c1ccccc1)C1CN2CCC1CC2. The number of amides is 1. The summed E-state index contributed by atoms with van der Waals surface area (Å²) in [6.45, 7) is 4.07. The molecule has 0 saturated carbocycles. The number of oxazole rings is 1. The van der Waals surface area contributed by atoms with E-state index in [0.29, 0.717) is 71.5 Å². The largest absolute Gasteiger partial charge is 0.506 e. The van der Waals surface area contributed by atoms with Gasteiger partial charge in [-0.05, 0) is 110 Å². The van der Waals surface area contributed by atoms with Gasteiger partial charge in [0.05, 0.1) is 28.9 Å². The van der Waals surface area contributed by atoms with Gasteiger partial charge in [-0.3, -0.25) is 14.3 Å². The number of aliphatic hydroxyl groups is 1. The van der Waals surface area contributed by atoms with Crippen LogP contribution in [0.25, 0.3) is 33.1 Å². The number of benzene rings is 4. The second-order valence-electron chi connectivity index (χ2n) is 14.8. The van der Waals surface area contributed by atoms with Gasteiger partial charge in [-0.15, -0.1) is 0 Å². The van der Waals surface area contributed by atoms with Crippen LogP contribution < -0.4 is 21.5 Å². The number of aliphatic hydroxyl groups excluding tert-OH is 1. The van der Waals surface area contributed by atoms with Crippen molar-refractivity contribution in [3.8, 4) is 16.9 Å². The summed E-state index contributed by atoms with van der Waals surface area (Å²) in [5.74, 6) is -0.138. The topological polar surface area (TPSA) is 164 Å². The van der Waals surface area contributed by atoms with Gasteiger partial charge in [0.1, 0.15) is 5.75 Å². The molecule has 9 rings (SSSR count). The molecule has 6 aromatic rings. The number of H-pyrrole nitrogens is 1. The zero-order valence-corrected chi connectivity index (χ0v) is 30.5. The first-order chi connectivity index (χ1) is 26.7. The van der Waals surface area contributed by atoms with Gasteiger partial charge in [0, 0.05) is 36.7 Å². The van der Waals surface area contributed by atoms with Crippen molar-refractivity contribution in [1.82, 2.24) is 19.8 Å². The number of fused-ring (bicyclic) bond motifs is 5. The molecule has 12 nitrogen and oxygen atoms in total. The number of nitrogens with zero attached hydrogens (tertiary/aromatic N) is 3. The second-order valence-corrected chi connectivity index (χ2v) is 14.8. The van der Waals surface area contributed by atoms with E-state index in [1.807, 2.05) is 60.7 Å². The summed E-state index contributed by atoms with van der Waals surface area (Å²) < 4.78 is 7.31. The number of aromatic nitrogens is 2. The van der Waals surface area contributed by atoms with E-state index in [0.717, 1.165) is 54.7 Å². The van der Waals surface area contributed by atoms with Crippen LogP contribution in [-0.4, -0.2) is 74.6 Å². The molecule has 3 aliphatic rings. The number of carboxylic acid groups (broad SMARTS) is 1. The molecule has 0 radical (unpaired) electrons. The Labute approximate surface area is 317 Å². The van der Waals surface area contributed by atoms with E-state index < -0.39 is 18.0 Å². The molecule has 5 N–H and O–H groups in total. The average molecular weight is 744 g/mol. The van der Waals surface area contributed by atoms with Crippen molar-refractivity contribution in [1.29, 1.82) is 0 Å². The normalized spacial score (nSPS) is 18.5. The summed E-state index contributed by atoms with van der Waals surface area (Å²) >= 11 is 0. The summed E-state index contributed by atoms with van der Waals surface area (Å²) in [6.07, 6.45) is 2.17. The van der Waals surface area contributed by atoms with Crippen LogP contribution in [0.1, 0.15) is 42.1 Å². The first-order valence-corrected chi connectivity index (χ1v) is 19.0. The lowest BCUT2D eigenvalue weighted by atomic mass is 9.82. The molecule has 3 aliphatic heterocycles. The molecule has 5 heterocycles. The Hall–Kier alpha value is -5.69. The number of piperidine rings is 3. The van der Waals surface area contributed by atoms with Gasteiger partial charge in [-0.1, -0.05) is 54.6 Å². The Kier molecular flexibility index (Phi) is 10.3. The molecule has 4 aromatic carbocycles. The van der Waals surface area contributed by atoms with Crippen molar-refractivity contribution >= 4 is 33.8 Å². The Morgan fingerprint density at radius 3 is 2.49 bits per heavy atom. The second kappa shape index (κ2) is 15.6. The fourth-order valence-corrected chi connectivity index (χ4v) is 8.49. The number of aromatic amines is 1. The smallest absolute Gasteiger partial charge is 0.419 e. The lowest BCUT2D eigenvalue weighted by molar-refractivity contribution is 0.0837. The number of aryl methyl sites for hydroxylation is 2. The lowest BCUT2D eigenvalue weighted by Gasteiger charge is -2.48. The van der Waals surface area contributed by atoms with E-state index in [1.54, 1.807) is 21.6 Å². The average Bonchev–Trinajstić information content (AvgIpc) is 3.51. The number of anilines is 1. The molecule has 3 saturated heterocycles. The molecule has 0 spiro atoms. The fourth-order valence-electron chi connectivity index (χ4n) is 8.49. The molecule has 1 amide bonds. The summed E-state index contributed by atoms with van der Waals surface area (Å²) in [5, 5.41) is 35.5. The molecule has 2 atom stereocenters. The Morgan fingerprint density at radius 1 is 0.945 bits per heavy atom. The maximum Gasteiger partial charge on any atom is 0.419 e. The highest BCUT2D eigenvalue weighted by Crippen LogP contribution is 2.39. The number of rotatable bonds is 13. The molecule has 0 aliphatic carbocycles. The molecular formula is C43H45N5O7. The van der Waals surface area contributed by atoms with Crippen molar-refractivity contribution < 1.29 is 24.5 Å². The minimum Gasteiger partial charge on any atom is -0.506 e. The molecular weight excluding hydrogens is 699 g/mol. The number of hydrogen-bond acceptors (Lipinski definition) is 8. The zero-order valence-electron chi connectivity index (χ0n) is 30.5. The number of aromatic hydroxyl groups is 1. The highest BCUT2D eigenvalue weighted by Gasteiger charge is 2.41. The van der Waals surface area contributed by atoms with Crippen molar-refractivity contribution in [2.75, 3.05) is 37.6 Å². The third kappa shape index (κ3) is 7.53. The van der Waals surface area contributed by atoms with Gasteiger partial charge in [0.2, 0.25) is 5.56 Å². The minimum absolute atomic E-state index is 0.0565. The van der Waals surface area contributed by atoms with Crippen LogP contribution in [0.15, 0.2) is 105 Å². The van der Waals surface area contributed by atoms with Crippen molar-refractivity contribution in [2.24, 2.45) is 5.92 Å². The van der Waals surface area contributed by atoms with E-state index in [-0.39, 0.29) is 23.9 Å². The van der Waals surface area contributed by atoms with Gasteiger partial charge < -0.3 is 34.9 Å². The van der Waals surface area contributed by atoms with Crippen molar-refractivity contribution in [3.05, 3.63) is 129 Å². The number of carbonyl (C=O) groups is 1. The van der Waals surface area contributed by atoms with E-state index in [2.05, 4.69) is 21.3 Å². The van der Waals surface area contributed by atoms with Gasteiger partial charge in [-0.25, -0.2) is 9.59 Å². The Bertz CT molecular complexity index is 2450. The fraction of sp³-hybridized carbons (Fsp3) is 0.326. The summed E-state index contributed by atoms with van der Waals surface area (Å²) in [5.41, 5.74) is 6.34. The molecule has 12 heteroatoms. The molecule has 55 heavy (non-hydrogen) atoms. The zero-order chi connectivity index (χ0) is 38.1. The predicted octanol–water partition coefficient (Wildman–Crippen LogP) is 5.89. The Balaban J connectivity index is 0.922. The summed E-state index contributed by atoms with van der Waals surface area (Å²) in [4.78, 5) is 44.3. The number of phenols is 1. The van der Waals surface area contributed by atoms with Crippen LogP contribution in [0.4, 0.5) is 10.5 Å². The molecule has 2 aromatic heterocycles. The van der Waals surface area contributed by atoms with Gasteiger partial charge in [-0.2, -0.15) is 0 Å². The summed E-state index contributed by atoms with van der Waals surface area (Å²) in [6, 6.07) is 27.8. The number of hydrogen-bond donors (Lipinski definition) is 5. The first kappa shape index (κ1) is 36.3. The minimum atomic E-state index is -0.931. The van der Waals surface area contributed by atoms with E-state index in [9.17, 15) is 29.7 Å². The monoisotopic (exact) mass is 743 g/mol. The number of nitrogens with one attached hydrogen (secondary N) is 2. The molecule has 1 unspecified atom stereocenters. The number of pyridine rings is 1. The predicted molar refractivity (Wildman–Crippen MR) is 212 cm³/mol. The number of phenolic OH excluding ortho intramolecular Hbond substituents is 1. The highest BCUT2D eigenvalue weighted by atomic mass is 16.4.